The number of nitrogens with zero attached hydrogens (tertiary/aromatic N) is 2. The Morgan fingerprint density at radius 2 is 2.37 bits per heavy atom. The molecular formula is C14H20FN3O. The average molecular weight is 265 g/mol. The molecule has 0 saturated carbocycles. The molecule has 1 fully saturated rings. The maximum atomic E-state index is 13.1. The molecule has 1 N–H and O–H groups in total. The third kappa shape index (κ3) is 3.73. The summed E-state index contributed by atoms with van der Waals surface area (Å²) in [7, 11) is 0. The van der Waals surface area contributed by atoms with E-state index in [1.807, 2.05) is 6.92 Å². The molecule has 4 nitrogen and oxygen atoms in total. The van der Waals surface area contributed by atoms with Crippen molar-refractivity contribution in [3.8, 4) is 0 Å². The Morgan fingerprint density at radius 1 is 1.53 bits per heavy atom. The van der Waals surface area contributed by atoms with Gasteiger partial charge in [0.05, 0.1) is 11.8 Å². The van der Waals surface area contributed by atoms with Gasteiger partial charge < -0.3 is 10.2 Å². The van der Waals surface area contributed by atoms with E-state index >= 15 is 0 Å². The van der Waals surface area contributed by atoms with E-state index in [0.29, 0.717) is 24.7 Å². The monoisotopic (exact) mass is 265 g/mol. The smallest absolute Gasteiger partial charge is 0.255 e. The van der Waals surface area contributed by atoms with Gasteiger partial charge in [-0.15, -0.1) is 0 Å². The van der Waals surface area contributed by atoms with Crippen LogP contribution in [0, 0.1) is 5.82 Å². The number of rotatable bonds is 4. The Balaban J connectivity index is 2.02. The van der Waals surface area contributed by atoms with E-state index in [2.05, 4.69) is 10.3 Å². The molecule has 1 atom stereocenters. The molecule has 104 valence electrons. The quantitative estimate of drug-likeness (QED) is 0.903. The van der Waals surface area contributed by atoms with E-state index in [4.69, 9.17) is 0 Å². The van der Waals surface area contributed by atoms with Crippen molar-refractivity contribution in [3.63, 3.8) is 0 Å². The van der Waals surface area contributed by atoms with Crippen molar-refractivity contribution in [2.75, 3.05) is 19.6 Å². The lowest BCUT2D eigenvalue weighted by molar-refractivity contribution is 0.0740. The summed E-state index contributed by atoms with van der Waals surface area (Å²) in [6, 6.07) is 1.59. The molecule has 1 aromatic heterocycles. The van der Waals surface area contributed by atoms with Crippen LogP contribution in [0.1, 0.15) is 36.5 Å². The second kappa shape index (κ2) is 6.61. The first-order valence-corrected chi connectivity index (χ1v) is 6.84. The fraction of sp³-hybridized carbons (Fsp3) is 0.571. The third-order valence-corrected chi connectivity index (χ3v) is 3.47. The van der Waals surface area contributed by atoms with Gasteiger partial charge in [0.1, 0.15) is 5.82 Å². The molecule has 0 spiro atoms. The van der Waals surface area contributed by atoms with Crippen LogP contribution < -0.4 is 5.32 Å². The van der Waals surface area contributed by atoms with Crippen LogP contribution in [0.3, 0.4) is 0 Å². The third-order valence-electron chi connectivity index (χ3n) is 3.47. The highest BCUT2D eigenvalue weighted by Gasteiger charge is 2.20. The van der Waals surface area contributed by atoms with Crippen LogP contribution in [-0.4, -0.2) is 41.5 Å². The van der Waals surface area contributed by atoms with Crippen LogP contribution in [0.25, 0.3) is 0 Å². The Labute approximate surface area is 113 Å². The van der Waals surface area contributed by atoms with Crippen molar-refractivity contribution in [1.82, 2.24) is 15.2 Å². The van der Waals surface area contributed by atoms with Crippen molar-refractivity contribution in [2.24, 2.45) is 0 Å². The number of carbonyl (C=O) groups excluding carboxylic acids is 1. The molecule has 2 rings (SSSR count). The minimum atomic E-state index is -0.474. The lowest BCUT2D eigenvalue weighted by atomic mass is 10.0. The Kier molecular flexibility index (Phi) is 4.85. The van der Waals surface area contributed by atoms with Crippen LogP contribution in [-0.2, 0) is 0 Å². The second-order valence-electron chi connectivity index (χ2n) is 4.88. The van der Waals surface area contributed by atoms with E-state index in [1.165, 1.54) is 25.1 Å². The Bertz CT molecular complexity index is 432. The fourth-order valence-electron chi connectivity index (χ4n) is 2.41. The van der Waals surface area contributed by atoms with Gasteiger partial charge in [-0.1, -0.05) is 6.42 Å². The van der Waals surface area contributed by atoms with Gasteiger partial charge in [0.25, 0.3) is 5.91 Å². The van der Waals surface area contributed by atoms with Crippen LogP contribution in [0.2, 0.25) is 0 Å². The summed E-state index contributed by atoms with van der Waals surface area (Å²) >= 11 is 0. The minimum absolute atomic E-state index is 0.151. The van der Waals surface area contributed by atoms with Gasteiger partial charge in [-0.05, 0) is 32.4 Å². The molecular weight excluding hydrogens is 245 g/mol. The molecule has 0 aromatic carbocycles. The Morgan fingerprint density at radius 3 is 3.00 bits per heavy atom. The molecule has 0 radical (unpaired) electrons. The molecule has 1 saturated heterocycles. The van der Waals surface area contributed by atoms with Gasteiger partial charge in [0.15, 0.2) is 0 Å². The van der Waals surface area contributed by atoms with Crippen molar-refractivity contribution in [3.05, 3.63) is 29.8 Å². The maximum Gasteiger partial charge on any atom is 0.255 e. The van der Waals surface area contributed by atoms with Gasteiger partial charge >= 0.3 is 0 Å². The summed E-state index contributed by atoms with van der Waals surface area (Å²) < 4.78 is 13.1. The van der Waals surface area contributed by atoms with E-state index in [9.17, 15) is 9.18 Å². The lowest BCUT2D eigenvalue weighted by Crippen LogP contribution is -2.45. The van der Waals surface area contributed by atoms with E-state index < -0.39 is 5.82 Å². The number of aromatic nitrogens is 1. The first kappa shape index (κ1) is 13.9. The number of piperidine rings is 1. The van der Waals surface area contributed by atoms with Gasteiger partial charge in [0.2, 0.25) is 0 Å². The molecule has 1 aliphatic rings. The molecule has 1 aliphatic heterocycles. The van der Waals surface area contributed by atoms with Crippen molar-refractivity contribution >= 4 is 5.91 Å². The summed E-state index contributed by atoms with van der Waals surface area (Å²) in [5.41, 5.74) is 0.317. The number of nitrogens with one attached hydrogen (secondary N) is 1. The van der Waals surface area contributed by atoms with Crippen molar-refractivity contribution < 1.29 is 9.18 Å². The van der Waals surface area contributed by atoms with Gasteiger partial charge in [-0.2, -0.15) is 0 Å². The fourth-order valence-corrected chi connectivity index (χ4v) is 2.41. The van der Waals surface area contributed by atoms with Crippen LogP contribution in [0.15, 0.2) is 18.5 Å². The number of likely N-dealkylation sites (N-methyl/N-ethyl adjacent to an activating group) is 1. The van der Waals surface area contributed by atoms with E-state index in [0.717, 1.165) is 19.2 Å². The summed E-state index contributed by atoms with van der Waals surface area (Å²) in [6.07, 6.45) is 6.01. The Hall–Kier alpha value is -1.49. The molecule has 1 amide bonds. The predicted octanol–water partition coefficient (Wildman–Crippen LogP) is 1.82. The zero-order valence-electron chi connectivity index (χ0n) is 11.2. The predicted molar refractivity (Wildman–Crippen MR) is 71.4 cm³/mol. The number of hydrogen-bond acceptors (Lipinski definition) is 3. The lowest BCUT2D eigenvalue weighted by Gasteiger charge is -2.30. The first-order valence-electron chi connectivity index (χ1n) is 6.84. The highest BCUT2D eigenvalue weighted by Crippen LogP contribution is 2.11. The SMILES string of the molecule is CCN(CC1CCCCN1)C(=O)c1cncc(F)c1. The normalized spacial score (nSPS) is 19.2. The van der Waals surface area contributed by atoms with Gasteiger partial charge in [0, 0.05) is 25.3 Å². The highest BCUT2D eigenvalue weighted by atomic mass is 19.1. The highest BCUT2D eigenvalue weighted by molar-refractivity contribution is 5.93. The molecule has 19 heavy (non-hydrogen) atoms. The summed E-state index contributed by atoms with van der Waals surface area (Å²) in [6.45, 7) is 4.24. The standard InChI is InChI=1S/C14H20FN3O/c1-2-18(10-13-5-3-4-6-17-13)14(19)11-7-12(15)9-16-8-11/h7-9,13,17H,2-6,10H2,1H3. The van der Waals surface area contributed by atoms with Crippen LogP contribution >= 0.6 is 0 Å². The zero-order valence-corrected chi connectivity index (χ0v) is 11.2. The number of hydrogen-bond donors (Lipinski definition) is 1. The second-order valence-corrected chi connectivity index (χ2v) is 4.88. The molecule has 1 unspecified atom stereocenters. The molecule has 2 heterocycles. The molecule has 5 heteroatoms. The molecule has 1 aromatic rings. The van der Waals surface area contributed by atoms with Crippen LogP contribution in [0.5, 0.6) is 0 Å². The number of pyridine rings is 1. The van der Waals surface area contributed by atoms with Crippen LogP contribution in [0.4, 0.5) is 4.39 Å². The number of carbonyl (C=O) groups is 1. The topological polar surface area (TPSA) is 45.2 Å². The minimum Gasteiger partial charge on any atom is -0.337 e. The summed E-state index contributed by atoms with van der Waals surface area (Å²) in [5.74, 6) is -0.625. The summed E-state index contributed by atoms with van der Waals surface area (Å²) in [4.78, 5) is 17.8. The average Bonchev–Trinajstić information content (AvgIpc) is 2.45. The zero-order chi connectivity index (χ0) is 13.7. The maximum absolute atomic E-state index is 13.1. The first-order chi connectivity index (χ1) is 9.20. The van der Waals surface area contributed by atoms with Gasteiger partial charge in [-0.25, -0.2) is 4.39 Å². The van der Waals surface area contributed by atoms with Crippen molar-refractivity contribution in [1.29, 1.82) is 0 Å². The van der Waals surface area contributed by atoms with Gasteiger partial charge in [-0.3, -0.25) is 9.78 Å². The largest absolute Gasteiger partial charge is 0.337 e. The number of halogens is 1. The summed E-state index contributed by atoms with van der Waals surface area (Å²) in [5, 5.41) is 3.42. The number of amides is 1. The van der Waals surface area contributed by atoms with E-state index in [1.54, 1.807) is 4.90 Å². The molecule has 0 aliphatic carbocycles. The molecule has 0 bridgehead atoms. The van der Waals surface area contributed by atoms with Crippen molar-refractivity contribution in [2.45, 2.75) is 32.2 Å². The van der Waals surface area contributed by atoms with E-state index in [-0.39, 0.29) is 5.91 Å².